The van der Waals surface area contributed by atoms with Gasteiger partial charge in [-0.2, -0.15) is 0 Å². The van der Waals surface area contributed by atoms with E-state index < -0.39 is 0 Å². The first-order chi connectivity index (χ1) is 12.8. The molecular formula is C22H28N2O2. The molecule has 1 N–H and O–H groups in total. The van der Waals surface area contributed by atoms with E-state index in [0.29, 0.717) is 24.6 Å². The van der Waals surface area contributed by atoms with Gasteiger partial charge in [-0.15, -0.1) is 0 Å². The first-order valence-corrected chi connectivity index (χ1v) is 9.52. The van der Waals surface area contributed by atoms with Gasteiger partial charge < -0.3 is 10.1 Å². The van der Waals surface area contributed by atoms with Crippen LogP contribution < -0.4 is 10.1 Å². The predicted molar refractivity (Wildman–Crippen MR) is 104 cm³/mol. The Kier molecular flexibility index (Phi) is 6.67. The highest BCUT2D eigenvalue weighted by atomic mass is 16.5. The van der Waals surface area contributed by atoms with Crippen molar-refractivity contribution in [3.8, 4) is 5.75 Å². The number of hydrogen-bond acceptors (Lipinski definition) is 3. The van der Waals surface area contributed by atoms with Crippen molar-refractivity contribution in [2.45, 2.75) is 26.2 Å². The molecule has 1 aliphatic rings. The lowest BCUT2D eigenvalue weighted by Gasteiger charge is -2.32. The maximum Gasteiger partial charge on any atom is 0.256 e. The molecule has 1 fully saturated rings. The Morgan fingerprint density at radius 1 is 1.08 bits per heavy atom. The van der Waals surface area contributed by atoms with Crippen molar-refractivity contribution in [1.82, 2.24) is 10.2 Å². The topological polar surface area (TPSA) is 41.6 Å². The number of benzene rings is 2. The Labute approximate surface area is 156 Å². The summed E-state index contributed by atoms with van der Waals surface area (Å²) in [6.07, 6.45) is 3.52. The number of nitrogens with one attached hydrogen (secondary N) is 1. The second-order valence-electron chi connectivity index (χ2n) is 6.84. The molecule has 0 unspecified atom stereocenters. The van der Waals surface area contributed by atoms with Crippen molar-refractivity contribution in [2.75, 3.05) is 26.4 Å². The molecule has 1 saturated heterocycles. The van der Waals surface area contributed by atoms with Gasteiger partial charge in [0.05, 0.1) is 18.8 Å². The lowest BCUT2D eigenvalue weighted by atomic mass is 9.90. The molecule has 1 aliphatic heterocycles. The molecule has 3 rings (SSSR count). The lowest BCUT2D eigenvalue weighted by Crippen LogP contribution is -2.42. The van der Waals surface area contributed by atoms with Crippen LogP contribution in [0, 0.1) is 5.92 Å². The Hall–Kier alpha value is -2.33. The van der Waals surface area contributed by atoms with Crippen molar-refractivity contribution < 1.29 is 9.53 Å². The third-order valence-corrected chi connectivity index (χ3v) is 4.97. The van der Waals surface area contributed by atoms with E-state index in [1.165, 1.54) is 18.4 Å². The predicted octanol–water partition coefficient (Wildman–Crippen LogP) is 3.73. The van der Waals surface area contributed by atoms with E-state index >= 15 is 0 Å². The van der Waals surface area contributed by atoms with Crippen molar-refractivity contribution in [3.05, 3.63) is 65.7 Å². The summed E-state index contributed by atoms with van der Waals surface area (Å²) < 4.78 is 5.55. The van der Waals surface area contributed by atoms with Crippen LogP contribution in [0.3, 0.4) is 0 Å². The Morgan fingerprint density at radius 3 is 2.50 bits per heavy atom. The third-order valence-electron chi connectivity index (χ3n) is 4.97. The highest BCUT2D eigenvalue weighted by molar-refractivity contribution is 5.96. The van der Waals surface area contributed by atoms with Gasteiger partial charge in [-0.1, -0.05) is 42.5 Å². The van der Waals surface area contributed by atoms with E-state index in [9.17, 15) is 4.79 Å². The summed E-state index contributed by atoms with van der Waals surface area (Å²) in [7, 11) is 0. The molecule has 0 spiro atoms. The van der Waals surface area contributed by atoms with Crippen LogP contribution in [-0.4, -0.2) is 37.2 Å². The third kappa shape index (κ3) is 5.09. The maximum absolute atomic E-state index is 12.5. The van der Waals surface area contributed by atoms with Crippen molar-refractivity contribution in [2.24, 2.45) is 5.92 Å². The van der Waals surface area contributed by atoms with Crippen LogP contribution in [0.5, 0.6) is 5.75 Å². The summed E-state index contributed by atoms with van der Waals surface area (Å²) in [5.74, 6) is 1.32. The van der Waals surface area contributed by atoms with Crippen molar-refractivity contribution in [3.63, 3.8) is 0 Å². The number of piperidine rings is 1. The van der Waals surface area contributed by atoms with Crippen molar-refractivity contribution >= 4 is 5.91 Å². The van der Waals surface area contributed by atoms with Gasteiger partial charge in [-0.25, -0.2) is 0 Å². The number of carbonyl (C=O) groups excluding carboxylic acids is 1. The Morgan fingerprint density at radius 2 is 1.77 bits per heavy atom. The van der Waals surface area contributed by atoms with Crippen LogP contribution in [0.2, 0.25) is 0 Å². The molecule has 0 bridgehead atoms. The molecule has 0 radical (unpaired) electrons. The minimum atomic E-state index is -0.0690. The SMILES string of the molecule is CCOc1ccccc1C(=O)NCN1CCC(Cc2ccccc2)CC1. The molecule has 2 aromatic rings. The monoisotopic (exact) mass is 352 g/mol. The molecule has 0 atom stereocenters. The van der Waals surface area contributed by atoms with Gasteiger partial charge in [-0.05, 0) is 49.8 Å². The van der Waals surface area contributed by atoms with Gasteiger partial charge in [0.1, 0.15) is 5.75 Å². The van der Waals surface area contributed by atoms with Gasteiger partial charge in [0, 0.05) is 13.1 Å². The molecule has 0 aromatic heterocycles. The van der Waals surface area contributed by atoms with Crippen LogP contribution in [-0.2, 0) is 6.42 Å². The summed E-state index contributed by atoms with van der Waals surface area (Å²) in [4.78, 5) is 14.8. The first kappa shape index (κ1) is 18.5. The number of carbonyl (C=O) groups is 1. The second-order valence-corrected chi connectivity index (χ2v) is 6.84. The maximum atomic E-state index is 12.5. The number of nitrogens with zero attached hydrogens (tertiary/aromatic N) is 1. The average molecular weight is 352 g/mol. The smallest absolute Gasteiger partial charge is 0.256 e. The largest absolute Gasteiger partial charge is 0.493 e. The second kappa shape index (κ2) is 9.39. The van der Waals surface area contributed by atoms with Crippen LogP contribution >= 0.6 is 0 Å². The van der Waals surface area contributed by atoms with Gasteiger partial charge >= 0.3 is 0 Å². The van der Waals surface area contributed by atoms with E-state index in [1.54, 1.807) is 0 Å². The molecule has 138 valence electrons. The number of rotatable bonds is 7. The highest BCUT2D eigenvalue weighted by Crippen LogP contribution is 2.21. The Bertz CT molecular complexity index is 694. The average Bonchev–Trinajstić information content (AvgIpc) is 2.69. The molecule has 2 aromatic carbocycles. The first-order valence-electron chi connectivity index (χ1n) is 9.52. The number of ether oxygens (including phenoxy) is 1. The molecule has 26 heavy (non-hydrogen) atoms. The molecule has 4 heteroatoms. The lowest BCUT2D eigenvalue weighted by molar-refractivity contribution is 0.0899. The summed E-state index contributed by atoms with van der Waals surface area (Å²) in [6, 6.07) is 18.1. The van der Waals surface area contributed by atoms with Crippen LogP contribution in [0.25, 0.3) is 0 Å². The molecular weight excluding hydrogens is 324 g/mol. The summed E-state index contributed by atoms with van der Waals surface area (Å²) in [5, 5.41) is 3.04. The Balaban J connectivity index is 1.44. The fourth-order valence-corrected chi connectivity index (χ4v) is 3.51. The number of likely N-dealkylation sites (tertiary alicyclic amines) is 1. The van der Waals surface area contributed by atoms with Gasteiger partial charge in [0.15, 0.2) is 0 Å². The summed E-state index contributed by atoms with van der Waals surface area (Å²) in [6.45, 7) is 5.14. The summed E-state index contributed by atoms with van der Waals surface area (Å²) in [5.41, 5.74) is 2.03. The molecule has 0 saturated carbocycles. The summed E-state index contributed by atoms with van der Waals surface area (Å²) >= 11 is 0. The number of para-hydroxylation sites is 1. The zero-order chi connectivity index (χ0) is 18.2. The fourth-order valence-electron chi connectivity index (χ4n) is 3.51. The molecule has 1 heterocycles. The van der Waals surface area contributed by atoms with E-state index in [4.69, 9.17) is 4.74 Å². The quantitative estimate of drug-likeness (QED) is 0.826. The van der Waals surface area contributed by atoms with Crippen LogP contribution in [0.4, 0.5) is 0 Å². The minimum absolute atomic E-state index is 0.0690. The van der Waals surface area contributed by atoms with E-state index in [2.05, 4.69) is 40.5 Å². The van der Waals surface area contributed by atoms with Gasteiger partial charge in [0.2, 0.25) is 0 Å². The van der Waals surface area contributed by atoms with Crippen LogP contribution in [0.1, 0.15) is 35.7 Å². The van der Waals surface area contributed by atoms with E-state index in [-0.39, 0.29) is 5.91 Å². The highest BCUT2D eigenvalue weighted by Gasteiger charge is 2.20. The van der Waals surface area contributed by atoms with Crippen LogP contribution in [0.15, 0.2) is 54.6 Å². The molecule has 1 amide bonds. The van der Waals surface area contributed by atoms with Gasteiger partial charge in [0.25, 0.3) is 5.91 Å². The molecule has 0 aliphatic carbocycles. The number of amides is 1. The minimum Gasteiger partial charge on any atom is -0.493 e. The van der Waals surface area contributed by atoms with E-state index in [1.807, 2.05) is 31.2 Å². The zero-order valence-electron chi connectivity index (χ0n) is 15.5. The molecule has 4 nitrogen and oxygen atoms in total. The number of hydrogen-bond donors (Lipinski definition) is 1. The zero-order valence-corrected chi connectivity index (χ0v) is 15.5. The van der Waals surface area contributed by atoms with E-state index in [0.717, 1.165) is 25.4 Å². The van der Waals surface area contributed by atoms with Crippen molar-refractivity contribution in [1.29, 1.82) is 0 Å². The van der Waals surface area contributed by atoms with Gasteiger partial charge in [-0.3, -0.25) is 9.69 Å². The fraction of sp³-hybridized carbons (Fsp3) is 0.409. The standard InChI is InChI=1S/C22H28N2O2/c1-2-26-21-11-7-6-10-20(21)22(25)23-17-24-14-12-19(13-15-24)16-18-8-4-3-5-9-18/h3-11,19H,2,12-17H2,1H3,(H,23,25). The normalized spacial score (nSPS) is 15.6.